The number of carbonyl (C=O) groups excluding carboxylic acids is 2. The molecule has 0 radical (unpaired) electrons. The second-order valence-corrected chi connectivity index (χ2v) is 5.42. The quantitative estimate of drug-likeness (QED) is 0.444. The molecule has 3 N–H and O–H groups in total. The lowest BCUT2D eigenvalue weighted by atomic mass is 10.2. The predicted octanol–water partition coefficient (Wildman–Crippen LogP) is -1.55. The van der Waals surface area contributed by atoms with Crippen LogP contribution in [0.25, 0.3) is 0 Å². The minimum absolute atomic E-state index is 0.189. The van der Waals surface area contributed by atoms with Gasteiger partial charge in [0, 0.05) is 31.4 Å². The smallest absolute Gasteiger partial charge is 0.351 e. The summed E-state index contributed by atoms with van der Waals surface area (Å²) in [6.07, 6.45) is 3.63. The van der Waals surface area contributed by atoms with Crippen molar-refractivity contribution in [3.63, 3.8) is 0 Å². The highest BCUT2D eigenvalue weighted by atomic mass is 19.1. The summed E-state index contributed by atoms with van der Waals surface area (Å²) in [5.74, 6) is -4.57. The normalized spacial score (nSPS) is 13.7. The lowest BCUT2D eigenvalue weighted by Crippen LogP contribution is -3.10. The molecule has 1 saturated heterocycles. The van der Waals surface area contributed by atoms with E-state index in [9.17, 15) is 9.18 Å². The van der Waals surface area contributed by atoms with Crippen LogP contribution in [0, 0.1) is 5.82 Å². The summed E-state index contributed by atoms with van der Waals surface area (Å²) in [5, 5.41) is 19.1. The third kappa shape index (κ3) is 7.68. The lowest BCUT2D eigenvalue weighted by molar-refractivity contribution is -0.887. The molecular formula is C16H21FN2O5. The number of aliphatic carboxylic acids is 2. The van der Waals surface area contributed by atoms with E-state index in [-0.39, 0.29) is 11.7 Å². The van der Waals surface area contributed by atoms with Crippen LogP contribution >= 0.6 is 0 Å². The van der Waals surface area contributed by atoms with E-state index in [4.69, 9.17) is 19.8 Å². The summed E-state index contributed by atoms with van der Waals surface area (Å²) >= 11 is 0. The van der Waals surface area contributed by atoms with Gasteiger partial charge in [-0.05, 0) is 18.2 Å². The molecule has 1 aromatic rings. The first-order chi connectivity index (χ1) is 11.4. The van der Waals surface area contributed by atoms with E-state index in [1.54, 1.807) is 17.0 Å². The van der Waals surface area contributed by atoms with E-state index in [2.05, 4.69) is 5.32 Å². The third-order valence-electron chi connectivity index (χ3n) is 3.56. The Balaban J connectivity index is 0.000000413. The molecule has 1 aliphatic rings. The van der Waals surface area contributed by atoms with Gasteiger partial charge >= 0.3 is 5.97 Å². The standard InChI is InChI=1S/C14H19FN2O.C2H2O4/c15-13-6-3-5-12(11-13)14(18)16-7-4-10-17-8-1-2-9-17;3-1(4)2(5)6/h3,5-6,11H,1-2,4,7-10H2,(H,16,18);(H,3,4)(H,5,6). The molecule has 0 aliphatic carbocycles. The Morgan fingerprint density at radius 1 is 1.25 bits per heavy atom. The zero-order chi connectivity index (χ0) is 17.9. The number of hydrogen-bond donors (Lipinski definition) is 3. The number of benzene rings is 1. The molecule has 7 nitrogen and oxygen atoms in total. The zero-order valence-corrected chi connectivity index (χ0v) is 13.2. The second kappa shape index (κ2) is 10.3. The van der Waals surface area contributed by atoms with Crippen LogP contribution in [0.15, 0.2) is 24.3 Å². The molecule has 0 aromatic heterocycles. The van der Waals surface area contributed by atoms with Gasteiger partial charge in [0.2, 0.25) is 0 Å². The molecule has 0 bridgehead atoms. The third-order valence-corrected chi connectivity index (χ3v) is 3.56. The Morgan fingerprint density at radius 2 is 1.88 bits per heavy atom. The molecule has 1 amide bonds. The van der Waals surface area contributed by atoms with Crippen molar-refractivity contribution in [1.82, 2.24) is 5.32 Å². The number of likely N-dealkylation sites (tertiary alicyclic amines) is 1. The number of rotatable bonds is 5. The number of amides is 1. The Morgan fingerprint density at radius 3 is 2.42 bits per heavy atom. The second-order valence-electron chi connectivity index (χ2n) is 5.42. The molecule has 24 heavy (non-hydrogen) atoms. The Kier molecular flexibility index (Phi) is 8.42. The molecule has 0 spiro atoms. The molecular weight excluding hydrogens is 319 g/mol. The summed E-state index contributed by atoms with van der Waals surface area (Å²) in [4.78, 5) is 31.4. The fourth-order valence-corrected chi connectivity index (χ4v) is 2.40. The Bertz CT molecular complexity index is 561. The topological polar surface area (TPSA) is 111 Å². The Labute approximate surface area is 139 Å². The molecule has 0 saturated carbocycles. The summed E-state index contributed by atoms with van der Waals surface area (Å²) < 4.78 is 12.9. The van der Waals surface area contributed by atoms with E-state index < -0.39 is 11.9 Å². The van der Waals surface area contributed by atoms with Crippen LogP contribution in [0.5, 0.6) is 0 Å². The molecule has 0 atom stereocenters. The number of nitrogens with one attached hydrogen (secondary N) is 2. The van der Waals surface area contributed by atoms with Gasteiger partial charge in [-0.25, -0.2) is 9.18 Å². The van der Waals surface area contributed by atoms with Crippen LogP contribution in [-0.4, -0.2) is 49.1 Å². The number of carboxylic acid groups (broad SMARTS) is 2. The molecule has 1 heterocycles. The average Bonchev–Trinajstić information content (AvgIpc) is 3.05. The molecule has 1 aromatic carbocycles. The van der Waals surface area contributed by atoms with Crippen molar-refractivity contribution >= 4 is 17.8 Å². The molecule has 132 valence electrons. The predicted molar refractivity (Wildman–Crippen MR) is 80.8 cm³/mol. The minimum atomic E-state index is -2.07. The van der Waals surface area contributed by atoms with Gasteiger partial charge in [-0.2, -0.15) is 0 Å². The maximum Gasteiger partial charge on any atom is 0.351 e. The summed E-state index contributed by atoms with van der Waals surface area (Å²) in [6.45, 7) is 4.30. The van der Waals surface area contributed by atoms with Crippen LogP contribution in [0.2, 0.25) is 0 Å². The molecule has 2 rings (SSSR count). The number of carboxylic acids is 2. The first-order valence-electron chi connectivity index (χ1n) is 7.71. The van der Waals surface area contributed by atoms with Crippen LogP contribution in [0.4, 0.5) is 4.39 Å². The maximum atomic E-state index is 12.9. The summed E-state index contributed by atoms with van der Waals surface area (Å²) in [7, 11) is 0. The van der Waals surface area contributed by atoms with Crippen molar-refractivity contribution in [1.29, 1.82) is 0 Å². The van der Waals surface area contributed by atoms with E-state index >= 15 is 0 Å². The van der Waals surface area contributed by atoms with Crippen molar-refractivity contribution in [2.75, 3.05) is 26.2 Å². The van der Waals surface area contributed by atoms with Crippen molar-refractivity contribution in [2.45, 2.75) is 19.3 Å². The van der Waals surface area contributed by atoms with Gasteiger partial charge in [0.05, 0.1) is 19.6 Å². The van der Waals surface area contributed by atoms with Crippen LogP contribution < -0.4 is 15.3 Å². The maximum absolute atomic E-state index is 12.9. The number of quaternary nitrogens is 1. The van der Waals surface area contributed by atoms with Gasteiger partial charge in [0.15, 0.2) is 5.97 Å². The van der Waals surface area contributed by atoms with Crippen molar-refractivity contribution in [2.24, 2.45) is 0 Å². The lowest BCUT2D eigenvalue weighted by Gasteiger charge is -2.12. The van der Waals surface area contributed by atoms with Crippen LogP contribution in [-0.2, 0) is 9.59 Å². The number of carbonyl (C=O) groups is 3. The zero-order valence-electron chi connectivity index (χ0n) is 13.2. The van der Waals surface area contributed by atoms with Gasteiger partial charge in [0.25, 0.3) is 5.91 Å². The fourth-order valence-electron chi connectivity index (χ4n) is 2.40. The average molecular weight is 340 g/mol. The summed E-state index contributed by atoms with van der Waals surface area (Å²) in [6, 6.07) is 5.79. The Hall–Kier alpha value is -2.48. The highest BCUT2D eigenvalue weighted by Gasteiger charge is 2.14. The van der Waals surface area contributed by atoms with Gasteiger partial charge in [-0.3, -0.25) is 4.79 Å². The van der Waals surface area contributed by atoms with Crippen molar-refractivity contribution < 1.29 is 33.9 Å². The molecule has 0 unspecified atom stereocenters. The van der Waals surface area contributed by atoms with E-state index in [1.807, 2.05) is 0 Å². The van der Waals surface area contributed by atoms with Gasteiger partial charge in [0.1, 0.15) is 5.82 Å². The largest absolute Gasteiger partial charge is 0.539 e. The fraction of sp³-hybridized carbons (Fsp3) is 0.438. The highest BCUT2D eigenvalue weighted by molar-refractivity contribution is 6.26. The van der Waals surface area contributed by atoms with Gasteiger partial charge in [-0.15, -0.1) is 0 Å². The van der Waals surface area contributed by atoms with Gasteiger partial charge in [-0.1, -0.05) is 6.07 Å². The number of hydrogen-bond acceptors (Lipinski definition) is 4. The van der Waals surface area contributed by atoms with E-state index in [1.165, 1.54) is 38.1 Å². The van der Waals surface area contributed by atoms with Crippen molar-refractivity contribution in [3.05, 3.63) is 35.6 Å². The first-order valence-corrected chi connectivity index (χ1v) is 7.71. The van der Waals surface area contributed by atoms with E-state index in [0.717, 1.165) is 13.0 Å². The summed E-state index contributed by atoms with van der Waals surface area (Å²) in [5.41, 5.74) is 0.392. The minimum Gasteiger partial charge on any atom is -0.539 e. The van der Waals surface area contributed by atoms with Gasteiger partial charge < -0.3 is 25.2 Å². The monoisotopic (exact) mass is 340 g/mol. The number of halogens is 1. The first kappa shape index (κ1) is 19.6. The molecule has 8 heteroatoms. The van der Waals surface area contributed by atoms with E-state index in [0.29, 0.717) is 12.1 Å². The van der Waals surface area contributed by atoms with Crippen LogP contribution in [0.1, 0.15) is 29.6 Å². The molecule has 1 fully saturated rings. The molecule has 1 aliphatic heterocycles. The SMILES string of the molecule is O=C(NCCC[NH+]1CCCC1)c1cccc(F)c1.O=C([O-])C(=O)O. The van der Waals surface area contributed by atoms with Crippen molar-refractivity contribution in [3.8, 4) is 0 Å². The van der Waals surface area contributed by atoms with Crippen LogP contribution in [0.3, 0.4) is 0 Å². The highest BCUT2D eigenvalue weighted by Crippen LogP contribution is 2.02.